The van der Waals surface area contributed by atoms with Gasteiger partial charge in [-0.25, -0.2) is 4.57 Å². The summed E-state index contributed by atoms with van der Waals surface area (Å²) >= 11 is 0. The highest BCUT2D eigenvalue weighted by atomic mass is 19.4. The zero-order valence-electron chi connectivity index (χ0n) is 13.1. The van der Waals surface area contributed by atoms with Crippen molar-refractivity contribution in [1.29, 1.82) is 5.26 Å². The number of benzene rings is 1. The minimum absolute atomic E-state index is 0.00636. The van der Waals surface area contributed by atoms with Crippen LogP contribution in [0.4, 0.5) is 13.2 Å². The van der Waals surface area contributed by atoms with Crippen LogP contribution in [0.25, 0.3) is 10.9 Å². The van der Waals surface area contributed by atoms with Crippen molar-refractivity contribution in [3.63, 3.8) is 0 Å². The molecule has 0 radical (unpaired) electrons. The Bertz CT molecular complexity index is 1050. The molecular weight excluding hydrogens is 355 g/mol. The van der Waals surface area contributed by atoms with Gasteiger partial charge in [0.25, 0.3) is 0 Å². The third-order valence-electron chi connectivity index (χ3n) is 4.21. The fourth-order valence-corrected chi connectivity index (χ4v) is 3.21. The number of ether oxygens (including phenoxy) is 1. The molecule has 1 aromatic heterocycles. The molecule has 0 spiro atoms. The predicted molar refractivity (Wildman–Crippen MR) is 81.1 cm³/mol. The largest absolute Gasteiger partial charge is 0.480 e. The number of aromatic nitrogens is 1. The predicted octanol–water partition coefficient (Wildman–Crippen LogP) is 2.27. The van der Waals surface area contributed by atoms with Crippen LogP contribution in [0.2, 0.25) is 0 Å². The lowest BCUT2D eigenvalue weighted by Gasteiger charge is -2.35. The van der Waals surface area contributed by atoms with E-state index in [9.17, 15) is 33.1 Å². The molecule has 0 saturated heterocycles. The summed E-state index contributed by atoms with van der Waals surface area (Å²) in [7, 11) is 0. The van der Waals surface area contributed by atoms with Gasteiger partial charge in [-0.2, -0.15) is 18.4 Å². The summed E-state index contributed by atoms with van der Waals surface area (Å²) in [5.74, 6) is -4.75. The first-order chi connectivity index (χ1) is 12.1. The molecule has 1 aliphatic rings. The molecule has 3 N–H and O–H groups in total. The number of aliphatic carboxylic acids is 1. The average Bonchev–Trinajstić information content (AvgIpc) is 2.85. The minimum Gasteiger partial charge on any atom is -0.480 e. The number of alkyl halides is 3. The molecule has 2 heterocycles. The third-order valence-corrected chi connectivity index (χ3v) is 4.21. The summed E-state index contributed by atoms with van der Waals surface area (Å²) in [6.45, 7) is 1.08. The van der Waals surface area contributed by atoms with Crippen LogP contribution in [0.15, 0.2) is 35.7 Å². The van der Waals surface area contributed by atoms with Crippen molar-refractivity contribution in [2.24, 2.45) is 5.73 Å². The van der Waals surface area contributed by atoms with E-state index in [1.54, 1.807) is 0 Å². The van der Waals surface area contributed by atoms with E-state index in [0.717, 1.165) is 11.5 Å². The second-order valence-electron chi connectivity index (χ2n) is 5.56. The van der Waals surface area contributed by atoms with Crippen LogP contribution in [-0.2, 0) is 10.2 Å². The van der Waals surface area contributed by atoms with Gasteiger partial charge in [0.05, 0.1) is 11.1 Å². The maximum Gasteiger partial charge on any atom is 0.414 e. The number of fused-ring (bicyclic) bond motifs is 3. The van der Waals surface area contributed by atoms with E-state index in [1.165, 1.54) is 30.3 Å². The SMILES string of the molecule is CC(=O)n1c2c(c3ccccc31)[C@](C(=O)O)(C(F)(F)F)C(C#N)=C(N)O2. The number of carboxylic acid groups (broad SMARTS) is 1. The number of nitrogens with zero attached hydrogens (tertiary/aromatic N) is 2. The lowest BCUT2D eigenvalue weighted by Crippen LogP contribution is -2.53. The number of carbonyl (C=O) groups is 2. The molecule has 26 heavy (non-hydrogen) atoms. The second kappa shape index (κ2) is 5.26. The molecule has 0 aliphatic carbocycles. The molecule has 1 atom stereocenters. The molecule has 0 fully saturated rings. The first-order valence-electron chi connectivity index (χ1n) is 7.12. The molecular formula is C16H10F3N3O4. The van der Waals surface area contributed by atoms with Crippen LogP contribution < -0.4 is 10.5 Å². The normalized spacial score (nSPS) is 19.7. The van der Waals surface area contributed by atoms with E-state index in [4.69, 9.17) is 10.5 Å². The van der Waals surface area contributed by atoms with Gasteiger partial charge in [-0.1, -0.05) is 18.2 Å². The molecule has 0 saturated carbocycles. The zero-order valence-corrected chi connectivity index (χ0v) is 13.1. The van der Waals surface area contributed by atoms with Crippen LogP contribution in [0, 0.1) is 11.3 Å². The quantitative estimate of drug-likeness (QED) is 0.800. The van der Waals surface area contributed by atoms with E-state index in [1.807, 2.05) is 0 Å². The van der Waals surface area contributed by atoms with E-state index >= 15 is 0 Å². The first-order valence-corrected chi connectivity index (χ1v) is 7.12. The molecule has 1 aliphatic heterocycles. The summed E-state index contributed by atoms with van der Waals surface area (Å²) in [6.07, 6.45) is -5.43. The van der Waals surface area contributed by atoms with Gasteiger partial charge in [-0.15, -0.1) is 0 Å². The molecule has 0 unspecified atom stereocenters. The Balaban J connectivity index is 2.65. The standard InChI is InChI=1S/C16H10F3N3O4/c1-7(23)22-10-5-3-2-4-8(10)11-13(22)26-12(21)9(6-20)15(11,14(24)25)16(17,18)19/h2-5H,21H2,1H3,(H,24,25)/t15-/m1/s1. The van der Waals surface area contributed by atoms with E-state index in [0.29, 0.717) is 0 Å². The van der Waals surface area contributed by atoms with Gasteiger partial charge in [0, 0.05) is 12.3 Å². The summed E-state index contributed by atoms with van der Waals surface area (Å²) in [4.78, 5) is 23.9. The third kappa shape index (κ3) is 1.88. The number of halogens is 3. The van der Waals surface area contributed by atoms with E-state index in [2.05, 4.69) is 0 Å². The van der Waals surface area contributed by atoms with Crippen LogP contribution in [0.1, 0.15) is 17.3 Å². The van der Waals surface area contributed by atoms with E-state index < -0.39 is 46.4 Å². The molecule has 10 heteroatoms. The Labute approximate surface area is 143 Å². The number of hydrogen-bond acceptors (Lipinski definition) is 5. The molecule has 0 bridgehead atoms. The highest BCUT2D eigenvalue weighted by Crippen LogP contribution is 2.55. The molecule has 1 aromatic carbocycles. The molecule has 3 rings (SSSR count). The second-order valence-corrected chi connectivity index (χ2v) is 5.56. The van der Waals surface area contributed by atoms with Gasteiger partial charge < -0.3 is 15.6 Å². The Morgan fingerprint density at radius 2 is 1.96 bits per heavy atom. The van der Waals surface area contributed by atoms with Crippen molar-refractivity contribution in [3.05, 3.63) is 41.3 Å². The Kier molecular flexibility index (Phi) is 3.51. The summed E-state index contributed by atoms with van der Waals surface area (Å²) in [6, 6.07) is 6.61. The van der Waals surface area contributed by atoms with Crippen molar-refractivity contribution in [2.45, 2.75) is 18.5 Å². The fraction of sp³-hybridized carbons (Fsp3) is 0.188. The summed E-state index contributed by atoms with van der Waals surface area (Å²) in [5.41, 5.74) is -0.453. The van der Waals surface area contributed by atoms with Crippen LogP contribution in [0.5, 0.6) is 5.88 Å². The van der Waals surface area contributed by atoms with Crippen LogP contribution in [-0.4, -0.2) is 27.7 Å². The summed E-state index contributed by atoms with van der Waals surface area (Å²) in [5, 5.41) is 18.6. The number of carboxylic acids is 1. The Morgan fingerprint density at radius 1 is 1.35 bits per heavy atom. The zero-order chi connectivity index (χ0) is 19.4. The number of nitrogens with two attached hydrogens (primary N) is 1. The summed E-state index contributed by atoms with van der Waals surface area (Å²) < 4.78 is 48.2. The van der Waals surface area contributed by atoms with Gasteiger partial charge in [0.15, 0.2) is 0 Å². The Morgan fingerprint density at radius 3 is 2.46 bits per heavy atom. The van der Waals surface area contributed by atoms with E-state index in [-0.39, 0.29) is 10.9 Å². The molecule has 2 aromatic rings. The fourth-order valence-electron chi connectivity index (χ4n) is 3.21. The first kappa shape index (κ1) is 17.3. The lowest BCUT2D eigenvalue weighted by molar-refractivity contribution is -0.197. The average molecular weight is 365 g/mol. The van der Waals surface area contributed by atoms with Crippen molar-refractivity contribution >= 4 is 22.8 Å². The van der Waals surface area contributed by atoms with Gasteiger partial charge in [0.2, 0.25) is 23.1 Å². The van der Waals surface area contributed by atoms with Gasteiger partial charge in [-0.05, 0) is 6.07 Å². The number of carbonyl (C=O) groups excluding carboxylic acids is 1. The lowest BCUT2D eigenvalue weighted by atomic mass is 9.72. The van der Waals surface area contributed by atoms with Crippen molar-refractivity contribution < 1.29 is 32.6 Å². The number of para-hydroxylation sites is 1. The maximum absolute atomic E-state index is 14.1. The maximum atomic E-state index is 14.1. The van der Waals surface area contributed by atoms with Crippen molar-refractivity contribution in [2.75, 3.05) is 0 Å². The monoisotopic (exact) mass is 365 g/mol. The number of hydrogen-bond donors (Lipinski definition) is 2. The van der Waals surface area contributed by atoms with Gasteiger partial charge in [0.1, 0.15) is 11.6 Å². The molecule has 134 valence electrons. The highest BCUT2D eigenvalue weighted by Gasteiger charge is 2.69. The van der Waals surface area contributed by atoms with Gasteiger partial charge in [-0.3, -0.25) is 9.59 Å². The van der Waals surface area contributed by atoms with Crippen molar-refractivity contribution in [3.8, 4) is 11.9 Å². The molecule has 0 amide bonds. The highest BCUT2D eigenvalue weighted by molar-refractivity contribution is 6.03. The smallest absolute Gasteiger partial charge is 0.414 e. The topological polar surface area (TPSA) is 118 Å². The Hall–Kier alpha value is -3.48. The number of nitriles is 1. The number of rotatable bonds is 1. The van der Waals surface area contributed by atoms with Gasteiger partial charge >= 0.3 is 12.1 Å². The minimum atomic E-state index is -5.43. The van der Waals surface area contributed by atoms with Crippen LogP contribution in [0.3, 0.4) is 0 Å². The van der Waals surface area contributed by atoms with Crippen LogP contribution >= 0.6 is 0 Å². The van der Waals surface area contributed by atoms with Crippen molar-refractivity contribution in [1.82, 2.24) is 4.57 Å². The molecule has 7 nitrogen and oxygen atoms in total.